The zero-order valence-electron chi connectivity index (χ0n) is 13.3. The Morgan fingerprint density at radius 1 is 1.12 bits per heavy atom. The van der Waals surface area contributed by atoms with E-state index in [1.165, 1.54) is 23.1 Å². The van der Waals surface area contributed by atoms with Crippen LogP contribution in [-0.4, -0.2) is 12.1 Å². The molecule has 0 spiro atoms. The van der Waals surface area contributed by atoms with Crippen LogP contribution in [0.1, 0.15) is 0 Å². The molecule has 124 valence electrons. The first-order valence-corrected chi connectivity index (χ1v) is 9.23. The Bertz CT molecular complexity index is 1080. The highest BCUT2D eigenvalue weighted by molar-refractivity contribution is 8.01. The van der Waals surface area contributed by atoms with Gasteiger partial charge in [0.15, 0.2) is 4.34 Å². The minimum absolute atomic E-state index is 0.343. The highest BCUT2D eigenvalue weighted by Gasteiger charge is 2.11. The average molecular weight is 367 g/mol. The first kappa shape index (κ1) is 15.9. The maximum Gasteiger partial charge on any atom is 0.350 e. The molecule has 0 radical (unpaired) electrons. The van der Waals surface area contributed by atoms with Gasteiger partial charge in [-0.25, -0.2) is 9.78 Å². The first-order valence-electron chi connectivity index (χ1n) is 7.53. The van der Waals surface area contributed by atoms with Gasteiger partial charge in [0.25, 0.3) is 0 Å². The molecule has 0 fully saturated rings. The number of ether oxygens (including phenoxy) is 1. The summed E-state index contributed by atoms with van der Waals surface area (Å²) in [7, 11) is 1.64. The fraction of sp³-hybridized carbons (Fsp3) is 0.0526. The Kier molecular flexibility index (Phi) is 4.29. The fourth-order valence-electron chi connectivity index (χ4n) is 2.41. The van der Waals surface area contributed by atoms with Gasteiger partial charge in [0, 0.05) is 16.3 Å². The van der Waals surface area contributed by atoms with Crippen LogP contribution in [-0.2, 0) is 0 Å². The van der Waals surface area contributed by atoms with Crippen LogP contribution < -0.4 is 10.4 Å². The molecule has 0 amide bonds. The van der Waals surface area contributed by atoms with E-state index in [0.29, 0.717) is 10.5 Å². The van der Waals surface area contributed by atoms with Gasteiger partial charge in [0.05, 0.1) is 12.8 Å². The topological polar surface area (TPSA) is 52.3 Å². The van der Waals surface area contributed by atoms with Gasteiger partial charge in [0.1, 0.15) is 16.2 Å². The lowest BCUT2D eigenvalue weighted by Gasteiger charge is -2.01. The molecule has 6 heteroatoms. The Hall–Kier alpha value is -2.57. The summed E-state index contributed by atoms with van der Waals surface area (Å²) in [6.07, 6.45) is 0. The van der Waals surface area contributed by atoms with E-state index in [-0.39, 0.29) is 5.63 Å². The molecule has 4 rings (SSSR count). The predicted molar refractivity (Wildman–Crippen MR) is 101 cm³/mol. The van der Waals surface area contributed by atoms with Gasteiger partial charge < -0.3 is 9.15 Å². The second-order valence-corrected chi connectivity index (χ2v) is 7.41. The van der Waals surface area contributed by atoms with Crippen molar-refractivity contribution in [1.29, 1.82) is 0 Å². The monoisotopic (exact) mass is 367 g/mol. The molecule has 0 saturated heterocycles. The largest absolute Gasteiger partial charge is 0.497 e. The van der Waals surface area contributed by atoms with Crippen LogP contribution in [0.3, 0.4) is 0 Å². The second-order valence-electron chi connectivity index (χ2n) is 5.27. The number of thiazole rings is 1. The van der Waals surface area contributed by atoms with Crippen molar-refractivity contribution < 1.29 is 9.15 Å². The van der Waals surface area contributed by atoms with Crippen molar-refractivity contribution in [1.82, 2.24) is 4.98 Å². The summed E-state index contributed by atoms with van der Waals surface area (Å²) in [6, 6.07) is 17.1. The van der Waals surface area contributed by atoms with Crippen LogP contribution in [0.2, 0.25) is 0 Å². The minimum atomic E-state index is -0.343. The highest BCUT2D eigenvalue weighted by atomic mass is 32.2. The van der Waals surface area contributed by atoms with Crippen LogP contribution >= 0.6 is 23.1 Å². The van der Waals surface area contributed by atoms with E-state index in [1.807, 2.05) is 53.9 Å². The molecule has 0 unspecified atom stereocenters. The van der Waals surface area contributed by atoms with Crippen molar-refractivity contribution >= 4 is 34.1 Å². The standard InChI is InChI=1S/C19H13NO3S2/c1-22-14-8-6-12(7-9-14)15-11-24-19(20-15)25-17-10-13-4-2-3-5-16(13)23-18(17)21/h2-11H,1H3. The molecule has 0 aliphatic carbocycles. The van der Waals surface area contributed by atoms with E-state index in [4.69, 9.17) is 9.15 Å². The molecule has 4 aromatic rings. The lowest BCUT2D eigenvalue weighted by molar-refractivity contribution is 0.415. The van der Waals surface area contributed by atoms with Gasteiger partial charge in [-0.05, 0) is 36.4 Å². The van der Waals surface area contributed by atoms with Crippen molar-refractivity contribution in [3.05, 3.63) is 70.4 Å². The lowest BCUT2D eigenvalue weighted by Crippen LogP contribution is -2.00. The molecule has 2 heterocycles. The van der Waals surface area contributed by atoms with Gasteiger partial charge >= 0.3 is 5.63 Å². The van der Waals surface area contributed by atoms with Crippen molar-refractivity contribution in [3.63, 3.8) is 0 Å². The molecule has 2 aromatic heterocycles. The zero-order valence-corrected chi connectivity index (χ0v) is 14.9. The van der Waals surface area contributed by atoms with Gasteiger partial charge in [-0.15, -0.1) is 11.3 Å². The van der Waals surface area contributed by atoms with E-state index in [2.05, 4.69) is 4.98 Å². The predicted octanol–water partition coefficient (Wildman–Crippen LogP) is 5.08. The molecule has 0 aliphatic heterocycles. The van der Waals surface area contributed by atoms with Crippen molar-refractivity contribution in [3.8, 4) is 17.0 Å². The van der Waals surface area contributed by atoms with Crippen molar-refractivity contribution in [2.24, 2.45) is 0 Å². The zero-order chi connectivity index (χ0) is 17.2. The van der Waals surface area contributed by atoms with E-state index in [0.717, 1.165) is 26.7 Å². The van der Waals surface area contributed by atoms with E-state index >= 15 is 0 Å². The number of rotatable bonds is 4. The number of para-hydroxylation sites is 1. The summed E-state index contributed by atoms with van der Waals surface area (Å²) in [6.45, 7) is 0. The fourth-order valence-corrected chi connectivity index (χ4v) is 4.21. The number of benzene rings is 2. The minimum Gasteiger partial charge on any atom is -0.497 e. The first-order chi connectivity index (χ1) is 12.2. The van der Waals surface area contributed by atoms with E-state index in [1.54, 1.807) is 13.2 Å². The lowest BCUT2D eigenvalue weighted by atomic mass is 10.2. The molecule has 25 heavy (non-hydrogen) atoms. The summed E-state index contributed by atoms with van der Waals surface area (Å²) in [5.41, 5.74) is 2.13. The molecular weight excluding hydrogens is 354 g/mol. The summed E-state index contributed by atoms with van der Waals surface area (Å²) in [5, 5.41) is 2.88. The van der Waals surface area contributed by atoms with Crippen LogP contribution in [0.25, 0.3) is 22.2 Å². The third-order valence-electron chi connectivity index (χ3n) is 3.68. The molecule has 0 saturated carbocycles. The number of methoxy groups -OCH3 is 1. The van der Waals surface area contributed by atoms with Crippen LogP contribution in [0, 0.1) is 0 Å². The Labute approximate surface area is 152 Å². The number of hydrogen-bond acceptors (Lipinski definition) is 6. The highest BCUT2D eigenvalue weighted by Crippen LogP contribution is 2.33. The molecule has 0 atom stereocenters. The van der Waals surface area contributed by atoms with Gasteiger partial charge in [-0.1, -0.05) is 30.0 Å². The average Bonchev–Trinajstić information content (AvgIpc) is 3.11. The van der Waals surface area contributed by atoms with Crippen LogP contribution in [0.4, 0.5) is 0 Å². The van der Waals surface area contributed by atoms with E-state index in [9.17, 15) is 4.79 Å². The van der Waals surface area contributed by atoms with Crippen LogP contribution in [0.15, 0.2) is 78.4 Å². The number of hydrogen-bond donors (Lipinski definition) is 0. The normalized spacial score (nSPS) is 10.9. The third kappa shape index (κ3) is 3.31. The molecular formula is C19H13NO3S2. The second kappa shape index (κ2) is 6.74. The molecule has 0 aliphatic rings. The molecule has 0 bridgehead atoms. The maximum atomic E-state index is 12.2. The van der Waals surface area contributed by atoms with Gasteiger partial charge in [0.2, 0.25) is 0 Å². The molecule has 0 N–H and O–H groups in total. The Morgan fingerprint density at radius 3 is 2.72 bits per heavy atom. The summed E-state index contributed by atoms with van der Waals surface area (Å²) >= 11 is 2.83. The quantitative estimate of drug-likeness (QED) is 0.471. The smallest absolute Gasteiger partial charge is 0.350 e. The van der Waals surface area contributed by atoms with Crippen molar-refractivity contribution in [2.45, 2.75) is 9.24 Å². The maximum absolute atomic E-state index is 12.2. The Morgan fingerprint density at radius 2 is 1.92 bits per heavy atom. The molecule has 4 nitrogen and oxygen atoms in total. The van der Waals surface area contributed by atoms with E-state index < -0.39 is 0 Å². The number of aromatic nitrogens is 1. The summed E-state index contributed by atoms with van der Waals surface area (Å²) in [5.74, 6) is 0.808. The number of nitrogens with zero attached hydrogens (tertiary/aromatic N) is 1. The van der Waals surface area contributed by atoms with Gasteiger partial charge in [-0.3, -0.25) is 0 Å². The Balaban J connectivity index is 1.62. The summed E-state index contributed by atoms with van der Waals surface area (Å²) in [4.78, 5) is 17.3. The van der Waals surface area contributed by atoms with Gasteiger partial charge in [-0.2, -0.15) is 0 Å². The van der Waals surface area contributed by atoms with Crippen molar-refractivity contribution in [2.75, 3.05) is 7.11 Å². The third-order valence-corrected chi connectivity index (χ3v) is 5.62. The SMILES string of the molecule is COc1ccc(-c2csc(Sc3cc4ccccc4oc3=O)n2)cc1. The van der Waals surface area contributed by atoms with Crippen LogP contribution in [0.5, 0.6) is 5.75 Å². The number of fused-ring (bicyclic) bond motifs is 1. The summed E-state index contributed by atoms with van der Waals surface area (Å²) < 4.78 is 11.3. The molecule has 2 aromatic carbocycles.